The predicted octanol–water partition coefficient (Wildman–Crippen LogP) is 0.176. The first-order valence-electron chi connectivity index (χ1n) is 5.31. The Balaban J connectivity index is 2.42. The van der Waals surface area contributed by atoms with Gasteiger partial charge in [-0.25, -0.2) is 4.79 Å². The van der Waals surface area contributed by atoms with E-state index in [1.54, 1.807) is 13.2 Å². The molecule has 1 heterocycles. The van der Waals surface area contributed by atoms with Crippen LogP contribution in [-0.4, -0.2) is 30.6 Å². The summed E-state index contributed by atoms with van der Waals surface area (Å²) in [4.78, 5) is 18.8. The van der Waals surface area contributed by atoms with E-state index in [-0.39, 0.29) is 0 Å². The van der Waals surface area contributed by atoms with E-state index in [1.807, 2.05) is 19.1 Å². The van der Waals surface area contributed by atoms with Crippen LogP contribution in [0.1, 0.15) is 11.3 Å². The van der Waals surface area contributed by atoms with Crippen LogP contribution in [0.2, 0.25) is 0 Å². The van der Waals surface area contributed by atoms with E-state index in [1.165, 1.54) is 0 Å². The molecule has 1 aromatic heterocycles. The largest absolute Gasteiger partial charge is 0.356 e. The molecule has 0 radical (unpaired) electrons. The molecule has 0 unspecified atom stereocenters. The highest BCUT2D eigenvalue weighted by Gasteiger charge is 2.02. The molecule has 0 aromatic carbocycles. The normalized spacial score (nSPS) is 11.1. The Hall–Kier alpha value is -2.11. The van der Waals surface area contributed by atoms with E-state index >= 15 is 0 Å². The number of hydrogen-bond acceptors (Lipinski definition) is 3. The van der Waals surface area contributed by atoms with Gasteiger partial charge in [0.15, 0.2) is 5.96 Å². The van der Waals surface area contributed by atoms with Crippen molar-refractivity contribution in [2.75, 3.05) is 13.6 Å². The summed E-state index contributed by atoms with van der Waals surface area (Å²) >= 11 is 0. The second-order valence-corrected chi connectivity index (χ2v) is 3.51. The molecule has 0 saturated carbocycles. The summed E-state index contributed by atoms with van der Waals surface area (Å²) in [5.41, 5.74) is 7.16. The van der Waals surface area contributed by atoms with Gasteiger partial charge in [0.2, 0.25) is 0 Å². The van der Waals surface area contributed by atoms with Gasteiger partial charge in [0, 0.05) is 31.9 Å². The number of pyridine rings is 1. The maximum Gasteiger partial charge on any atom is 0.318 e. The highest BCUT2D eigenvalue weighted by atomic mass is 16.2. The van der Waals surface area contributed by atoms with Crippen molar-refractivity contribution in [1.29, 1.82) is 0 Å². The highest BCUT2D eigenvalue weighted by molar-refractivity contribution is 5.95. The van der Waals surface area contributed by atoms with Crippen LogP contribution >= 0.6 is 0 Å². The van der Waals surface area contributed by atoms with Gasteiger partial charge in [-0.2, -0.15) is 0 Å². The van der Waals surface area contributed by atoms with Crippen molar-refractivity contribution >= 4 is 12.0 Å². The van der Waals surface area contributed by atoms with Gasteiger partial charge >= 0.3 is 6.03 Å². The number of nitrogens with one attached hydrogen (secondary N) is 2. The minimum Gasteiger partial charge on any atom is -0.356 e. The van der Waals surface area contributed by atoms with Gasteiger partial charge < -0.3 is 11.1 Å². The van der Waals surface area contributed by atoms with Gasteiger partial charge in [-0.3, -0.25) is 15.3 Å². The molecule has 0 spiro atoms. The molecular weight excluding hydrogens is 218 g/mol. The van der Waals surface area contributed by atoms with E-state index < -0.39 is 6.03 Å². The van der Waals surface area contributed by atoms with E-state index in [0.717, 1.165) is 17.7 Å². The summed E-state index contributed by atoms with van der Waals surface area (Å²) in [5.74, 6) is 0.367. The van der Waals surface area contributed by atoms with Crippen LogP contribution in [0.15, 0.2) is 23.3 Å². The third-order valence-electron chi connectivity index (χ3n) is 2.24. The summed E-state index contributed by atoms with van der Waals surface area (Å²) in [6.45, 7) is 2.64. The van der Waals surface area contributed by atoms with Crippen LogP contribution in [0, 0.1) is 6.92 Å². The van der Waals surface area contributed by atoms with Gasteiger partial charge in [-0.05, 0) is 18.6 Å². The number of rotatable bonds is 3. The molecule has 0 atom stereocenters. The van der Waals surface area contributed by atoms with Crippen molar-refractivity contribution in [1.82, 2.24) is 15.6 Å². The first-order valence-corrected chi connectivity index (χ1v) is 5.31. The Bertz CT molecular complexity index is 416. The number of hydrogen-bond donors (Lipinski definition) is 3. The molecule has 0 fully saturated rings. The van der Waals surface area contributed by atoms with Crippen LogP contribution < -0.4 is 16.4 Å². The topological polar surface area (TPSA) is 92.4 Å². The summed E-state index contributed by atoms with van der Waals surface area (Å²) < 4.78 is 0. The van der Waals surface area contributed by atoms with Crippen LogP contribution in [0.5, 0.6) is 0 Å². The van der Waals surface area contributed by atoms with Crippen molar-refractivity contribution in [3.8, 4) is 0 Å². The smallest absolute Gasteiger partial charge is 0.318 e. The fourth-order valence-corrected chi connectivity index (χ4v) is 1.38. The standard InChI is InChI=1S/C11H17N5O/c1-8-4-3-6-14-9(8)5-7-15-11(13-2)16-10(12)17/h3-4,6H,5,7H2,1-2H3,(H4,12,13,15,16,17). The SMILES string of the molecule is CN=C(NCCc1ncccc1C)NC(N)=O. The van der Waals surface area contributed by atoms with Crippen molar-refractivity contribution in [3.63, 3.8) is 0 Å². The van der Waals surface area contributed by atoms with Crippen LogP contribution in [0.4, 0.5) is 4.79 Å². The Kier molecular flexibility index (Phi) is 4.93. The van der Waals surface area contributed by atoms with E-state index in [4.69, 9.17) is 5.73 Å². The van der Waals surface area contributed by atoms with Crippen molar-refractivity contribution in [2.45, 2.75) is 13.3 Å². The molecule has 4 N–H and O–H groups in total. The molecule has 1 rings (SSSR count). The van der Waals surface area contributed by atoms with Gasteiger partial charge in [-0.15, -0.1) is 0 Å². The Labute approximate surface area is 100 Å². The maximum absolute atomic E-state index is 10.6. The zero-order chi connectivity index (χ0) is 12.7. The second kappa shape index (κ2) is 6.47. The number of primary amides is 1. The molecule has 6 nitrogen and oxygen atoms in total. The van der Waals surface area contributed by atoms with Crippen LogP contribution in [0.3, 0.4) is 0 Å². The van der Waals surface area contributed by atoms with Gasteiger partial charge in [0.25, 0.3) is 0 Å². The van der Waals surface area contributed by atoms with Crippen molar-refractivity contribution in [2.24, 2.45) is 10.7 Å². The molecule has 92 valence electrons. The zero-order valence-corrected chi connectivity index (χ0v) is 10.0. The lowest BCUT2D eigenvalue weighted by Crippen LogP contribution is -2.44. The number of carbonyl (C=O) groups is 1. The van der Waals surface area contributed by atoms with E-state index in [9.17, 15) is 4.79 Å². The molecule has 0 saturated heterocycles. The number of aliphatic imine (C=N–C) groups is 1. The molecule has 6 heteroatoms. The Morgan fingerprint density at radius 2 is 2.35 bits per heavy atom. The third-order valence-corrected chi connectivity index (χ3v) is 2.24. The molecule has 0 aliphatic carbocycles. The zero-order valence-electron chi connectivity index (χ0n) is 10.0. The number of aryl methyl sites for hydroxylation is 1. The number of guanidine groups is 1. The summed E-state index contributed by atoms with van der Waals surface area (Å²) in [6.07, 6.45) is 2.52. The fraction of sp³-hybridized carbons (Fsp3) is 0.364. The first kappa shape index (κ1) is 13.0. The summed E-state index contributed by atoms with van der Waals surface area (Å²) in [5, 5.41) is 5.36. The number of nitrogens with zero attached hydrogens (tertiary/aromatic N) is 2. The lowest BCUT2D eigenvalue weighted by molar-refractivity contribution is 0.253. The summed E-state index contributed by atoms with van der Waals surface area (Å²) in [6, 6.07) is 3.28. The van der Waals surface area contributed by atoms with Crippen LogP contribution in [0.25, 0.3) is 0 Å². The summed E-state index contributed by atoms with van der Waals surface area (Å²) in [7, 11) is 1.57. The quantitative estimate of drug-likeness (QED) is 0.515. The van der Waals surface area contributed by atoms with Crippen LogP contribution in [-0.2, 0) is 6.42 Å². The number of carbonyl (C=O) groups excluding carboxylic acids is 1. The number of urea groups is 1. The number of aromatic nitrogens is 1. The van der Waals surface area contributed by atoms with E-state index in [0.29, 0.717) is 12.5 Å². The lowest BCUT2D eigenvalue weighted by Gasteiger charge is -2.09. The average molecular weight is 235 g/mol. The van der Waals surface area contributed by atoms with Crippen molar-refractivity contribution < 1.29 is 4.79 Å². The highest BCUT2D eigenvalue weighted by Crippen LogP contribution is 2.02. The first-order chi connectivity index (χ1) is 8.13. The van der Waals surface area contributed by atoms with Gasteiger partial charge in [-0.1, -0.05) is 6.07 Å². The molecule has 17 heavy (non-hydrogen) atoms. The monoisotopic (exact) mass is 235 g/mol. The number of amides is 2. The second-order valence-electron chi connectivity index (χ2n) is 3.51. The number of nitrogens with two attached hydrogens (primary N) is 1. The van der Waals surface area contributed by atoms with Crippen molar-refractivity contribution in [3.05, 3.63) is 29.6 Å². The maximum atomic E-state index is 10.6. The van der Waals surface area contributed by atoms with Gasteiger partial charge in [0.05, 0.1) is 0 Å². The molecular formula is C11H17N5O. The minimum atomic E-state index is -0.632. The van der Waals surface area contributed by atoms with E-state index in [2.05, 4.69) is 20.6 Å². The molecule has 0 bridgehead atoms. The minimum absolute atomic E-state index is 0.367. The molecule has 0 aliphatic heterocycles. The fourth-order valence-electron chi connectivity index (χ4n) is 1.38. The average Bonchev–Trinajstić information content (AvgIpc) is 2.29. The molecule has 1 aromatic rings. The lowest BCUT2D eigenvalue weighted by atomic mass is 10.2. The predicted molar refractivity (Wildman–Crippen MR) is 66.8 cm³/mol. The Morgan fingerprint density at radius 1 is 1.59 bits per heavy atom. The Morgan fingerprint density at radius 3 is 2.94 bits per heavy atom. The van der Waals surface area contributed by atoms with Gasteiger partial charge in [0.1, 0.15) is 0 Å². The molecule has 2 amide bonds. The third kappa shape index (κ3) is 4.50. The molecule has 0 aliphatic rings.